The molecule has 0 aliphatic carbocycles. The van der Waals surface area contributed by atoms with Gasteiger partial charge in [0.25, 0.3) is 0 Å². The molecule has 0 spiro atoms. The molecule has 1 rings (SSSR count). The molecular formula is C12H19NO2. The number of hydrogen-bond acceptors (Lipinski definition) is 3. The third kappa shape index (κ3) is 4.30. The molecule has 3 heteroatoms. The zero-order valence-electron chi connectivity index (χ0n) is 9.32. The third-order valence-corrected chi connectivity index (χ3v) is 2.57. The SMILES string of the molecule is C=CC(=O)OCCC1CN(C/C=C\C)C1. The molecule has 1 saturated heterocycles. The van der Waals surface area contributed by atoms with Crippen molar-refractivity contribution in [3.63, 3.8) is 0 Å². The van der Waals surface area contributed by atoms with Crippen LogP contribution in [0.25, 0.3) is 0 Å². The molecule has 0 atom stereocenters. The van der Waals surface area contributed by atoms with E-state index in [4.69, 9.17) is 4.74 Å². The van der Waals surface area contributed by atoms with E-state index in [1.165, 1.54) is 6.08 Å². The maximum atomic E-state index is 10.7. The summed E-state index contributed by atoms with van der Waals surface area (Å²) in [5.41, 5.74) is 0. The van der Waals surface area contributed by atoms with Crippen LogP contribution in [0, 0.1) is 5.92 Å². The second-order valence-corrected chi connectivity index (χ2v) is 3.81. The molecule has 0 aromatic heterocycles. The van der Waals surface area contributed by atoms with Gasteiger partial charge in [0, 0.05) is 25.7 Å². The number of carbonyl (C=O) groups is 1. The molecule has 0 saturated carbocycles. The molecule has 0 aromatic carbocycles. The summed E-state index contributed by atoms with van der Waals surface area (Å²) in [6.45, 7) is 9.19. The molecule has 0 unspecified atom stereocenters. The highest BCUT2D eigenvalue weighted by Crippen LogP contribution is 2.18. The van der Waals surface area contributed by atoms with Gasteiger partial charge in [-0.25, -0.2) is 4.79 Å². The van der Waals surface area contributed by atoms with Crippen molar-refractivity contribution in [1.82, 2.24) is 4.90 Å². The van der Waals surface area contributed by atoms with Gasteiger partial charge < -0.3 is 4.74 Å². The smallest absolute Gasteiger partial charge is 0.330 e. The largest absolute Gasteiger partial charge is 0.463 e. The van der Waals surface area contributed by atoms with E-state index in [-0.39, 0.29) is 5.97 Å². The zero-order chi connectivity index (χ0) is 11.1. The first-order valence-corrected chi connectivity index (χ1v) is 5.39. The van der Waals surface area contributed by atoms with Crippen LogP contribution in [0.3, 0.4) is 0 Å². The van der Waals surface area contributed by atoms with E-state index >= 15 is 0 Å². The summed E-state index contributed by atoms with van der Waals surface area (Å²) in [7, 11) is 0. The standard InChI is InChI=1S/C12H19NO2/c1-3-5-7-13-9-11(10-13)6-8-15-12(14)4-2/h3-5,11H,2,6-10H2,1H3/b5-3-. The van der Waals surface area contributed by atoms with Crippen LogP contribution in [-0.2, 0) is 9.53 Å². The van der Waals surface area contributed by atoms with Gasteiger partial charge in [0.05, 0.1) is 6.61 Å². The van der Waals surface area contributed by atoms with Gasteiger partial charge in [0.2, 0.25) is 0 Å². The van der Waals surface area contributed by atoms with E-state index in [0.29, 0.717) is 12.5 Å². The second-order valence-electron chi connectivity index (χ2n) is 3.81. The number of rotatable bonds is 6. The molecule has 1 heterocycles. The molecule has 15 heavy (non-hydrogen) atoms. The third-order valence-electron chi connectivity index (χ3n) is 2.57. The highest BCUT2D eigenvalue weighted by Gasteiger charge is 2.25. The van der Waals surface area contributed by atoms with Crippen LogP contribution >= 0.6 is 0 Å². The molecular weight excluding hydrogens is 190 g/mol. The summed E-state index contributed by atoms with van der Waals surface area (Å²) in [6, 6.07) is 0. The lowest BCUT2D eigenvalue weighted by molar-refractivity contribution is -0.138. The van der Waals surface area contributed by atoms with Crippen LogP contribution in [0.2, 0.25) is 0 Å². The van der Waals surface area contributed by atoms with Gasteiger partial charge in [-0.2, -0.15) is 0 Å². The summed E-state index contributed by atoms with van der Waals surface area (Å²) in [4.78, 5) is 13.1. The van der Waals surface area contributed by atoms with Crippen molar-refractivity contribution in [3.05, 3.63) is 24.8 Å². The van der Waals surface area contributed by atoms with Crippen LogP contribution < -0.4 is 0 Å². The first-order chi connectivity index (χ1) is 7.26. The summed E-state index contributed by atoms with van der Waals surface area (Å²) in [5.74, 6) is 0.368. The second kappa shape index (κ2) is 6.40. The Kier molecular flexibility index (Phi) is 5.12. The molecule has 1 aliphatic heterocycles. The number of likely N-dealkylation sites (tertiary alicyclic amines) is 1. The summed E-state index contributed by atoms with van der Waals surface area (Å²) >= 11 is 0. The quantitative estimate of drug-likeness (QED) is 0.378. The number of hydrogen-bond donors (Lipinski definition) is 0. The van der Waals surface area contributed by atoms with Crippen molar-refractivity contribution in [2.75, 3.05) is 26.2 Å². The maximum Gasteiger partial charge on any atom is 0.330 e. The minimum Gasteiger partial charge on any atom is -0.463 e. The average Bonchev–Trinajstić information content (AvgIpc) is 2.19. The molecule has 0 amide bonds. The van der Waals surface area contributed by atoms with E-state index in [2.05, 4.69) is 23.6 Å². The van der Waals surface area contributed by atoms with E-state index in [1.807, 2.05) is 6.92 Å². The number of carbonyl (C=O) groups excluding carboxylic acids is 1. The van der Waals surface area contributed by atoms with Crippen molar-refractivity contribution >= 4 is 5.97 Å². The first-order valence-electron chi connectivity index (χ1n) is 5.39. The van der Waals surface area contributed by atoms with E-state index < -0.39 is 0 Å². The van der Waals surface area contributed by atoms with Crippen molar-refractivity contribution in [3.8, 4) is 0 Å². The van der Waals surface area contributed by atoms with Crippen molar-refractivity contribution in [2.24, 2.45) is 5.92 Å². The van der Waals surface area contributed by atoms with Crippen LogP contribution in [-0.4, -0.2) is 37.1 Å². The van der Waals surface area contributed by atoms with E-state index in [1.54, 1.807) is 0 Å². The van der Waals surface area contributed by atoms with Gasteiger partial charge >= 0.3 is 5.97 Å². The van der Waals surface area contributed by atoms with Crippen molar-refractivity contribution in [1.29, 1.82) is 0 Å². The number of ether oxygens (including phenoxy) is 1. The molecule has 0 N–H and O–H groups in total. The van der Waals surface area contributed by atoms with Crippen LogP contribution in [0.15, 0.2) is 24.8 Å². The first kappa shape index (κ1) is 12.0. The summed E-state index contributed by atoms with van der Waals surface area (Å²) in [5, 5.41) is 0. The topological polar surface area (TPSA) is 29.5 Å². The van der Waals surface area contributed by atoms with Gasteiger partial charge in [0.15, 0.2) is 0 Å². The van der Waals surface area contributed by atoms with Gasteiger partial charge in [-0.1, -0.05) is 18.7 Å². The fourth-order valence-corrected chi connectivity index (χ4v) is 1.65. The fourth-order valence-electron chi connectivity index (χ4n) is 1.65. The maximum absolute atomic E-state index is 10.7. The Bertz CT molecular complexity index is 242. The highest BCUT2D eigenvalue weighted by atomic mass is 16.5. The lowest BCUT2D eigenvalue weighted by Gasteiger charge is -2.38. The Labute approximate surface area is 91.4 Å². The van der Waals surface area contributed by atoms with Crippen molar-refractivity contribution < 1.29 is 9.53 Å². The average molecular weight is 209 g/mol. The Morgan fingerprint density at radius 3 is 2.93 bits per heavy atom. The van der Waals surface area contributed by atoms with Crippen LogP contribution in [0.5, 0.6) is 0 Å². The monoisotopic (exact) mass is 209 g/mol. The molecule has 0 bridgehead atoms. The Morgan fingerprint density at radius 2 is 2.33 bits per heavy atom. The number of allylic oxidation sites excluding steroid dienone is 1. The van der Waals surface area contributed by atoms with Crippen LogP contribution in [0.1, 0.15) is 13.3 Å². The minimum atomic E-state index is -0.319. The molecule has 3 nitrogen and oxygen atoms in total. The predicted molar refractivity (Wildman–Crippen MR) is 60.5 cm³/mol. The molecule has 1 aliphatic rings. The van der Waals surface area contributed by atoms with E-state index in [0.717, 1.165) is 26.1 Å². The highest BCUT2D eigenvalue weighted by molar-refractivity contribution is 5.81. The Hall–Kier alpha value is -1.09. The summed E-state index contributed by atoms with van der Waals surface area (Å²) < 4.78 is 4.92. The number of nitrogens with zero attached hydrogens (tertiary/aromatic N) is 1. The molecule has 84 valence electrons. The number of esters is 1. The predicted octanol–water partition coefficient (Wildman–Crippen LogP) is 1.61. The molecule has 0 aromatic rings. The Morgan fingerprint density at radius 1 is 1.60 bits per heavy atom. The summed E-state index contributed by atoms with van der Waals surface area (Å²) in [6.07, 6.45) is 6.40. The van der Waals surface area contributed by atoms with Gasteiger partial charge in [-0.3, -0.25) is 4.90 Å². The molecule has 1 fully saturated rings. The normalized spacial score (nSPS) is 17.7. The molecule has 0 radical (unpaired) electrons. The zero-order valence-corrected chi connectivity index (χ0v) is 9.32. The van der Waals surface area contributed by atoms with Crippen molar-refractivity contribution in [2.45, 2.75) is 13.3 Å². The lowest BCUT2D eigenvalue weighted by atomic mass is 9.97. The Balaban J connectivity index is 1.98. The van der Waals surface area contributed by atoms with Crippen LogP contribution in [0.4, 0.5) is 0 Å². The van der Waals surface area contributed by atoms with Gasteiger partial charge in [-0.05, 0) is 19.3 Å². The van der Waals surface area contributed by atoms with Gasteiger partial charge in [0.1, 0.15) is 0 Å². The fraction of sp³-hybridized carbons (Fsp3) is 0.583. The van der Waals surface area contributed by atoms with Gasteiger partial charge in [-0.15, -0.1) is 0 Å². The minimum absolute atomic E-state index is 0.319. The lowest BCUT2D eigenvalue weighted by Crippen LogP contribution is -2.46. The van der Waals surface area contributed by atoms with E-state index in [9.17, 15) is 4.79 Å².